The van der Waals surface area contributed by atoms with Crippen molar-refractivity contribution >= 4 is 11.3 Å². The molecule has 0 radical (unpaired) electrons. The van der Waals surface area contributed by atoms with Crippen molar-refractivity contribution in [2.45, 2.75) is 39.2 Å². The fourth-order valence-corrected chi connectivity index (χ4v) is 3.38. The molecule has 2 atom stereocenters. The summed E-state index contributed by atoms with van der Waals surface area (Å²) in [5.74, 6) is 0.924. The van der Waals surface area contributed by atoms with Crippen LogP contribution < -0.4 is 5.32 Å². The van der Waals surface area contributed by atoms with E-state index in [0.717, 1.165) is 12.5 Å². The highest BCUT2D eigenvalue weighted by Crippen LogP contribution is 2.18. The predicted octanol–water partition coefficient (Wildman–Crippen LogP) is 3.52. The Bertz CT molecular complexity index is 323. The summed E-state index contributed by atoms with van der Waals surface area (Å²) in [7, 11) is 0. The van der Waals surface area contributed by atoms with Crippen LogP contribution >= 0.6 is 11.3 Å². The standard InChI is InChI=1S/C15H26N2S/c1-13-5-3-9-17(10-7-13)11-8-16-14(2)15-6-4-12-18-15/h4,6,12-14,16H,3,5,7-11H2,1-2H3. The third-order valence-electron chi connectivity index (χ3n) is 3.96. The number of nitrogens with zero attached hydrogens (tertiary/aromatic N) is 1. The second-order valence-electron chi connectivity index (χ2n) is 5.57. The number of nitrogens with one attached hydrogen (secondary N) is 1. The van der Waals surface area contributed by atoms with Crippen molar-refractivity contribution in [1.29, 1.82) is 0 Å². The molecule has 2 rings (SSSR count). The maximum atomic E-state index is 3.63. The molecular weight excluding hydrogens is 240 g/mol. The minimum atomic E-state index is 0.496. The molecule has 2 unspecified atom stereocenters. The monoisotopic (exact) mass is 266 g/mol. The van der Waals surface area contributed by atoms with Crippen molar-refractivity contribution in [3.8, 4) is 0 Å². The van der Waals surface area contributed by atoms with Crippen molar-refractivity contribution in [3.05, 3.63) is 22.4 Å². The van der Waals surface area contributed by atoms with Gasteiger partial charge in [0.2, 0.25) is 0 Å². The lowest BCUT2D eigenvalue weighted by Gasteiger charge is -2.21. The lowest BCUT2D eigenvalue weighted by molar-refractivity contribution is 0.277. The van der Waals surface area contributed by atoms with E-state index >= 15 is 0 Å². The number of likely N-dealkylation sites (tertiary alicyclic amines) is 1. The summed E-state index contributed by atoms with van der Waals surface area (Å²) >= 11 is 1.84. The third kappa shape index (κ3) is 4.38. The quantitative estimate of drug-likeness (QED) is 0.877. The Kier molecular flexibility index (Phi) is 5.67. The SMILES string of the molecule is CC1CCCN(CCNC(C)c2cccs2)CC1. The second-order valence-corrected chi connectivity index (χ2v) is 6.55. The van der Waals surface area contributed by atoms with Gasteiger partial charge in [-0.15, -0.1) is 11.3 Å². The Balaban J connectivity index is 1.65. The molecule has 102 valence electrons. The van der Waals surface area contributed by atoms with Gasteiger partial charge in [0.15, 0.2) is 0 Å². The summed E-state index contributed by atoms with van der Waals surface area (Å²) in [6, 6.07) is 4.85. The molecule has 0 aromatic carbocycles. The van der Waals surface area contributed by atoms with E-state index in [2.05, 4.69) is 41.6 Å². The highest BCUT2D eigenvalue weighted by Gasteiger charge is 2.13. The van der Waals surface area contributed by atoms with Crippen molar-refractivity contribution < 1.29 is 0 Å². The minimum Gasteiger partial charge on any atom is -0.308 e. The van der Waals surface area contributed by atoms with Crippen LogP contribution in [0.4, 0.5) is 0 Å². The fourth-order valence-electron chi connectivity index (χ4n) is 2.62. The topological polar surface area (TPSA) is 15.3 Å². The maximum absolute atomic E-state index is 3.63. The smallest absolute Gasteiger partial charge is 0.0386 e. The van der Waals surface area contributed by atoms with Crippen LogP contribution in [0.2, 0.25) is 0 Å². The first kappa shape index (κ1) is 14.0. The van der Waals surface area contributed by atoms with Crippen molar-refractivity contribution in [2.24, 2.45) is 5.92 Å². The molecule has 0 amide bonds. The third-order valence-corrected chi connectivity index (χ3v) is 5.01. The fraction of sp³-hybridized carbons (Fsp3) is 0.733. The Morgan fingerprint density at radius 3 is 3.11 bits per heavy atom. The van der Waals surface area contributed by atoms with Gasteiger partial charge in [0, 0.05) is 24.0 Å². The van der Waals surface area contributed by atoms with Crippen LogP contribution in [0, 0.1) is 5.92 Å². The van der Waals surface area contributed by atoms with Gasteiger partial charge in [0.1, 0.15) is 0 Å². The molecule has 0 spiro atoms. The lowest BCUT2D eigenvalue weighted by atomic mass is 10.0. The van der Waals surface area contributed by atoms with Gasteiger partial charge in [-0.2, -0.15) is 0 Å². The highest BCUT2D eigenvalue weighted by molar-refractivity contribution is 7.10. The summed E-state index contributed by atoms with van der Waals surface area (Å²) in [5.41, 5.74) is 0. The number of hydrogen-bond acceptors (Lipinski definition) is 3. The van der Waals surface area contributed by atoms with Gasteiger partial charge in [-0.3, -0.25) is 0 Å². The minimum absolute atomic E-state index is 0.496. The molecule has 18 heavy (non-hydrogen) atoms. The summed E-state index contributed by atoms with van der Waals surface area (Å²) in [6.07, 6.45) is 4.16. The number of hydrogen-bond donors (Lipinski definition) is 1. The second kappa shape index (κ2) is 7.27. The predicted molar refractivity (Wildman–Crippen MR) is 80.2 cm³/mol. The van der Waals surface area contributed by atoms with Crippen molar-refractivity contribution in [1.82, 2.24) is 10.2 Å². The van der Waals surface area contributed by atoms with E-state index in [4.69, 9.17) is 0 Å². The normalized spacial score (nSPS) is 23.8. The molecule has 3 heteroatoms. The average Bonchev–Trinajstić information content (AvgIpc) is 2.81. The van der Waals surface area contributed by atoms with Crippen LogP contribution in [0.15, 0.2) is 17.5 Å². The van der Waals surface area contributed by atoms with Gasteiger partial charge in [-0.05, 0) is 56.6 Å². The number of thiophene rings is 1. The van der Waals surface area contributed by atoms with Crippen LogP contribution in [-0.2, 0) is 0 Å². The Hall–Kier alpha value is -0.380. The van der Waals surface area contributed by atoms with Crippen LogP contribution in [0.3, 0.4) is 0 Å². The van der Waals surface area contributed by atoms with E-state index < -0.39 is 0 Å². The summed E-state index contributed by atoms with van der Waals surface area (Å²) in [6.45, 7) is 9.53. The van der Waals surface area contributed by atoms with E-state index in [1.54, 1.807) is 0 Å². The van der Waals surface area contributed by atoms with Crippen LogP contribution in [-0.4, -0.2) is 31.1 Å². The molecule has 1 aromatic heterocycles. The zero-order valence-electron chi connectivity index (χ0n) is 11.7. The summed E-state index contributed by atoms with van der Waals surface area (Å²) in [5, 5.41) is 5.79. The molecule has 1 aliphatic heterocycles. The Labute approximate surface area is 115 Å². The molecule has 1 N–H and O–H groups in total. The van der Waals surface area contributed by atoms with E-state index in [0.29, 0.717) is 6.04 Å². The van der Waals surface area contributed by atoms with Crippen LogP contribution in [0.5, 0.6) is 0 Å². The van der Waals surface area contributed by atoms with Gasteiger partial charge in [0.25, 0.3) is 0 Å². The molecule has 0 bridgehead atoms. The molecule has 1 saturated heterocycles. The zero-order valence-corrected chi connectivity index (χ0v) is 12.5. The molecular formula is C15H26N2S. The van der Waals surface area contributed by atoms with Gasteiger partial charge < -0.3 is 10.2 Å². The lowest BCUT2D eigenvalue weighted by Crippen LogP contribution is -2.33. The first-order valence-corrected chi connectivity index (χ1v) is 8.13. The first-order chi connectivity index (χ1) is 8.75. The van der Waals surface area contributed by atoms with E-state index in [1.165, 1.54) is 43.8 Å². The molecule has 1 aliphatic rings. The Morgan fingerprint density at radius 1 is 1.44 bits per heavy atom. The summed E-state index contributed by atoms with van der Waals surface area (Å²) < 4.78 is 0. The van der Waals surface area contributed by atoms with Gasteiger partial charge >= 0.3 is 0 Å². The van der Waals surface area contributed by atoms with E-state index in [1.807, 2.05) is 11.3 Å². The van der Waals surface area contributed by atoms with Gasteiger partial charge in [-0.1, -0.05) is 13.0 Å². The van der Waals surface area contributed by atoms with Gasteiger partial charge in [-0.25, -0.2) is 0 Å². The summed E-state index contributed by atoms with van der Waals surface area (Å²) in [4.78, 5) is 4.07. The maximum Gasteiger partial charge on any atom is 0.0386 e. The molecule has 2 nitrogen and oxygen atoms in total. The van der Waals surface area contributed by atoms with Crippen LogP contribution in [0.1, 0.15) is 44.0 Å². The van der Waals surface area contributed by atoms with E-state index in [-0.39, 0.29) is 0 Å². The average molecular weight is 266 g/mol. The van der Waals surface area contributed by atoms with Crippen LogP contribution in [0.25, 0.3) is 0 Å². The zero-order chi connectivity index (χ0) is 12.8. The largest absolute Gasteiger partial charge is 0.308 e. The van der Waals surface area contributed by atoms with Gasteiger partial charge in [0.05, 0.1) is 0 Å². The van der Waals surface area contributed by atoms with E-state index in [9.17, 15) is 0 Å². The van der Waals surface area contributed by atoms with Crippen molar-refractivity contribution in [2.75, 3.05) is 26.2 Å². The molecule has 0 saturated carbocycles. The first-order valence-electron chi connectivity index (χ1n) is 7.25. The molecule has 1 fully saturated rings. The molecule has 1 aromatic rings. The number of rotatable bonds is 5. The highest BCUT2D eigenvalue weighted by atomic mass is 32.1. The molecule has 2 heterocycles. The molecule has 0 aliphatic carbocycles. The van der Waals surface area contributed by atoms with Crippen molar-refractivity contribution in [3.63, 3.8) is 0 Å². The Morgan fingerprint density at radius 2 is 2.33 bits per heavy atom.